The monoisotopic (exact) mass is 400 g/mol. The van der Waals surface area contributed by atoms with E-state index in [0.29, 0.717) is 9.90 Å². The summed E-state index contributed by atoms with van der Waals surface area (Å²) in [4.78, 5) is 18.5. The lowest BCUT2D eigenvalue weighted by atomic mass is 10.2. The summed E-state index contributed by atoms with van der Waals surface area (Å²) in [6.07, 6.45) is 0.977. The number of halogens is 1. The molecule has 26 heavy (non-hydrogen) atoms. The molecule has 2 heterocycles. The van der Waals surface area contributed by atoms with Gasteiger partial charge in [-0.15, -0.1) is 11.3 Å². The van der Waals surface area contributed by atoms with Crippen LogP contribution in [0.15, 0.2) is 47.5 Å². The maximum absolute atomic E-state index is 12.9. The number of benzene rings is 2. The van der Waals surface area contributed by atoms with Crippen LogP contribution >= 0.6 is 34.3 Å². The first kappa shape index (κ1) is 17.5. The lowest BCUT2D eigenvalue weighted by Gasteiger charge is -2.02. The number of fused-ring (bicyclic) bond motifs is 2. The summed E-state index contributed by atoms with van der Waals surface area (Å²) in [5, 5.41) is 1.41. The van der Waals surface area contributed by atoms with Crippen LogP contribution in [0.1, 0.15) is 28.6 Å². The molecule has 2 aromatic heterocycles. The van der Waals surface area contributed by atoms with E-state index in [1.165, 1.54) is 16.9 Å². The Labute approximate surface area is 164 Å². The van der Waals surface area contributed by atoms with Gasteiger partial charge in [-0.3, -0.25) is 4.79 Å². The molecule has 0 unspecified atom stereocenters. The zero-order valence-corrected chi connectivity index (χ0v) is 16.8. The quantitative estimate of drug-likeness (QED) is 0.413. The van der Waals surface area contributed by atoms with Gasteiger partial charge in [-0.25, -0.2) is 0 Å². The largest absolute Gasteiger partial charge is 0.316 e. The van der Waals surface area contributed by atoms with E-state index in [0.717, 1.165) is 38.1 Å². The molecule has 2 aromatic carbocycles. The maximum atomic E-state index is 12.9. The first-order chi connectivity index (χ1) is 12.6. The lowest BCUT2D eigenvalue weighted by molar-refractivity contribution is 0.100. The standard InChI is InChI=1S/C20H17ClN2OS2/c1-3-10-23-14-9-8-12(2)11-16(14)26-20(23)22-19(24)18-17(21)13-6-4-5-7-15(13)25-18/h4-9,11H,3,10H2,1-2H3. The topological polar surface area (TPSA) is 34.4 Å². The van der Waals surface area contributed by atoms with Crippen molar-refractivity contribution in [3.63, 3.8) is 0 Å². The minimum atomic E-state index is -0.274. The Morgan fingerprint density at radius 2 is 1.96 bits per heavy atom. The van der Waals surface area contributed by atoms with Crippen molar-refractivity contribution in [2.75, 3.05) is 0 Å². The second-order valence-corrected chi connectivity index (χ2v) is 8.60. The van der Waals surface area contributed by atoms with E-state index in [9.17, 15) is 4.79 Å². The second-order valence-electron chi connectivity index (χ2n) is 6.17. The number of hydrogen-bond donors (Lipinski definition) is 0. The molecule has 0 saturated carbocycles. The third-order valence-corrected chi connectivity index (χ3v) is 6.92. The fraction of sp³-hybridized carbons (Fsp3) is 0.200. The number of nitrogens with zero attached hydrogens (tertiary/aromatic N) is 2. The van der Waals surface area contributed by atoms with Crippen LogP contribution in [0.25, 0.3) is 20.3 Å². The smallest absolute Gasteiger partial charge is 0.291 e. The second kappa shape index (κ2) is 6.99. The summed E-state index contributed by atoms with van der Waals surface area (Å²) >= 11 is 9.40. The molecular formula is C20H17ClN2OS2. The summed E-state index contributed by atoms with van der Waals surface area (Å²) in [6, 6.07) is 14.1. The van der Waals surface area contributed by atoms with E-state index in [-0.39, 0.29) is 5.91 Å². The highest BCUT2D eigenvalue weighted by Crippen LogP contribution is 2.35. The van der Waals surface area contributed by atoms with Gasteiger partial charge in [-0.05, 0) is 37.1 Å². The van der Waals surface area contributed by atoms with Crippen LogP contribution in [0.5, 0.6) is 0 Å². The number of thiophene rings is 1. The average molecular weight is 401 g/mol. The van der Waals surface area contributed by atoms with Crippen LogP contribution in [0.2, 0.25) is 5.02 Å². The van der Waals surface area contributed by atoms with Crippen molar-refractivity contribution in [1.82, 2.24) is 4.57 Å². The number of aromatic nitrogens is 1. The number of amides is 1. The summed E-state index contributed by atoms with van der Waals surface area (Å²) in [7, 11) is 0. The third kappa shape index (κ3) is 3.00. The van der Waals surface area contributed by atoms with E-state index in [2.05, 4.69) is 41.6 Å². The van der Waals surface area contributed by atoms with Gasteiger partial charge in [0.05, 0.1) is 15.2 Å². The minimum Gasteiger partial charge on any atom is -0.316 e. The van der Waals surface area contributed by atoms with Crippen LogP contribution in [0, 0.1) is 6.92 Å². The minimum absolute atomic E-state index is 0.274. The van der Waals surface area contributed by atoms with Gasteiger partial charge in [0.15, 0.2) is 4.80 Å². The van der Waals surface area contributed by atoms with Crippen LogP contribution in [0.4, 0.5) is 0 Å². The van der Waals surface area contributed by atoms with Gasteiger partial charge in [-0.1, -0.05) is 54.1 Å². The number of carbonyl (C=O) groups excluding carboxylic acids is 1. The van der Waals surface area contributed by atoms with Crippen molar-refractivity contribution < 1.29 is 4.79 Å². The molecule has 3 nitrogen and oxygen atoms in total. The molecule has 4 aromatic rings. The first-order valence-electron chi connectivity index (χ1n) is 8.44. The van der Waals surface area contributed by atoms with Gasteiger partial charge in [0.1, 0.15) is 4.88 Å². The molecule has 1 amide bonds. The molecule has 0 fully saturated rings. The van der Waals surface area contributed by atoms with E-state index < -0.39 is 0 Å². The number of carbonyl (C=O) groups is 1. The number of rotatable bonds is 3. The van der Waals surface area contributed by atoms with Crippen LogP contribution in [-0.2, 0) is 6.54 Å². The molecule has 0 aliphatic carbocycles. The molecular weight excluding hydrogens is 384 g/mol. The normalized spacial score (nSPS) is 12.3. The van der Waals surface area contributed by atoms with Crippen molar-refractivity contribution in [2.24, 2.45) is 4.99 Å². The van der Waals surface area contributed by atoms with Gasteiger partial charge < -0.3 is 4.57 Å². The molecule has 0 radical (unpaired) electrons. The predicted molar refractivity (Wildman–Crippen MR) is 112 cm³/mol. The van der Waals surface area contributed by atoms with E-state index in [1.54, 1.807) is 11.3 Å². The molecule has 4 rings (SSSR count). The fourth-order valence-electron chi connectivity index (χ4n) is 2.99. The van der Waals surface area contributed by atoms with Crippen LogP contribution < -0.4 is 4.80 Å². The van der Waals surface area contributed by atoms with E-state index in [4.69, 9.17) is 11.6 Å². The molecule has 0 aliphatic heterocycles. The Kier molecular flexibility index (Phi) is 4.69. The molecule has 6 heteroatoms. The van der Waals surface area contributed by atoms with Gasteiger partial charge in [0, 0.05) is 16.6 Å². The Hall–Kier alpha value is -1.95. The molecule has 0 spiro atoms. The predicted octanol–water partition coefficient (Wildman–Crippen LogP) is 6.03. The summed E-state index contributed by atoms with van der Waals surface area (Å²) in [5.41, 5.74) is 2.32. The van der Waals surface area contributed by atoms with Crippen molar-refractivity contribution >= 4 is 60.5 Å². The van der Waals surface area contributed by atoms with Gasteiger partial charge in [0.2, 0.25) is 0 Å². The van der Waals surface area contributed by atoms with Crippen LogP contribution in [0.3, 0.4) is 0 Å². The molecule has 0 saturated heterocycles. The summed E-state index contributed by atoms with van der Waals surface area (Å²) in [5.74, 6) is -0.274. The van der Waals surface area contributed by atoms with Gasteiger partial charge in [0.25, 0.3) is 5.91 Å². The number of aryl methyl sites for hydroxylation is 2. The van der Waals surface area contributed by atoms with Crippen LogP contribution in [-0.4, -0.2) is 10.5 Å². The Bertz CT molecular complexity index is 1200. The Balaban J connectivity index is 1.87. The highest BCUT2D eigenvalue weighted by atomic mass is 35.5. The molecule has 0 N–H and O–H groups in total. The first-order valence-corrected chi connectivity index (χ1v) is 10.5. The van der Waals surface area contributed by atoms with E-state index >= 15 is 0 Å². The number of thiazole rings is 1. The molecule has 0 atom stereocenters. The van der Waals surface area contributed by atoms with Gasteiger partial charge >= 0.3 is 0 Å². The Morgan fingerprint density at radius 1 is 1.15 bits per heavy atom. The summed E-state index contributed by atoms with van der Waals surface area (Å²) in [6.45, 7) is 5.02. The van der Waals surface area contributed by atoms with Crippen molar-refractivity contribution in [3.05, 3.63) is 62.7 Å². The SMILES string of the molecule is CCCn1c(=NC(=O)c2sc3ccccc3c2Cl)sc2cc(C)ccc21. The zero-order valence-electron chi connectivity index (χ0n) is 14.5. The van der Waals surface area contributed by atoms with Gasteiger partial charge in [-0.2, -0.15) is 4.99 Å². The lowest BCUT2D eigenvalue weighted by Crippen LogP contribution is -2.16. The third-order valence-electron chi connectivity index (χ3n) is 4.21. The maximum Gasteiger partial charge on any atom is 0.291 e. The highest BCUT2D eigenvalue weighted by molar-refractivity contribution is 7.21. The van der Waals surface area contributed by atoms with Crippen molar-refractivity contribution in [3.8, 4) is 0 Å². The van der Waals surface area contributed by atoms with Crippen molar-refractivity contribution in [2.45, 2.75) is 26.8 Å². The molecule has 0 aliphatic rings. The molecule has 132 valence electrons. The zero-order chi connectivity index (χ0) is 18.3. The molecule has 0 bridgehead atoms. The highest BCUT2D eigenvalue weighted by Gasteiger charge is 2.17. The van der Waals surface area contributed by atoms with E-state index in [1.807, 2.05) is 24.3 Å². The average Bonchev–Trinajstić information content (AvgIpc) is 3.13. The fourth-order valence-corrected chi connectivity index (χ4v) is 5.54. The summed E-state index contributed by atoms with van der Waals surface area (Å²) < 4.78 is 4.27. The number of hydrogen-bond acceptors (Lipinski definition) is 3. The Morgan fingerprint density at radius 3 is 2.73 bits per heavy atom. The van der Waals surface area contributed by atoms with Crippen molar-refractivity contribution in [1.29, 1.82) is 0 Å².